The van der Waals surface area contributed by atoms with Crippen molar-refractivity contribution in [1.29, 1.82) is 0 Å². The topological polar surface area (TPSA) is 104 Å². The van der Waals surface area contributed by atoms with Gasteiger partial charge in [-0.2, -0.15) is 0 Å². The number of nitrogens with one attached hydrogen (secondary N) is 2. The zero-order chi connectivity index (χ0) is 14.9. The molecule has 1 heterocycles. The number of anilines is 1. The predicted octanol–water partition coefficient (Wildman–Crippen LogP) is 1.23. The first-order chi connectivity index (χ1) is 9.38. The van der Waals surface area contributed by atoms with E-state index in [1.165, 1.54) is 11.3 Å². The molecule has 0 saturated heterocycles. The van der Waals surface area contributed by atoms with Crippen molar-refractivity contribution >= 4 is 28.3 Å². The Morgan fingerprint density at radius 3 is 2.75 bits per heavy atom. The van der Waals surface area contributed by atoms with Crippen LogP contribution in [-0.4, -0.2) is 29.2 Å². The summed E-state index contributed by atoms with van der Waals surface area (Å²) in [6.45, 7) is 3.70. The molecule has 0 spiro atoms. The molecule has 5 N–H and O–H groups in total. The molecule has 0 saturated carbocycles. The van der Waals surface area contributed by atoms with Crippen LogP contribution in [0.15, 0.2) is 0 Å². The van der Waals surface area contributed by atoms with Gasteiger partial charge in [-0.3, -0.25) is 10.1 Å². The average molecular weight is 297 g/mol. The molecule has 6 nitrogen and oxygen atoms in total. The van der Waals surface area contributed by atoms with Crippen LogP contribution in [0.25, 0.3) is 0 Å². The zero-order valence-electron chi connectivity index (χ0n) is 11.5. The summed E-state index contributed by atoms with van der Waals surface area (Å²) in [4.78, 5) is 24.3. The number of fused-ring (bicyclic) bond motifs is 1. The SMILES string of the molecule is CC(C)NC(=O)Nc1sc2c(c1C(N)=O)CCC(O)C2. The van der Waals surface area contributed by atoms with Crippen molar-refractivity contribution in [3.05, 3.63) is 16.0 Å². The molecule has 0 fully saturated rings. The number of hydrogen-bond donors (Lipinski definition) is 4. The van der Waals surface area contributed by atoms with Crippen LogP contribution in [0, 0.1) is 0 Å². The van der Waals surface area contributed by atoms with Gasteiger partial charge in [0, 0.05) is 17.3 Å². The first-order valence-corrected chi connectivity index (χ1v) is 7.40. The largest absolute Gasteiger partial charge is 0.393 e. The summed E-state index contributed by atoms with van der Waals surface area (Å²) in [5.41, 5.74) is 6.68. The van der Waals surface area contributed by atoms with Gasteiger partial charge in [0.1, 0.15) is 5.00 Å². The normalized spacial score (nSPS) is 17.7. The van der Waals surface area contributed by atoms with Crippen molar-refractivity contribution in [3.8, 4) is 0 Å². The number of hydrogen-bond acceptors (Lipinski definition) is 4. The highest BCUT2D eigenvalue weighted by molar-refractivity contribution is 7.17. The van der Waals surface area contributed by atoms with Gasteiger partial charge in [-0.15, -0.1) is 11.3 Å². The van der Waals surface area contributed by atoms with E-state index in [4.69, 9.17) is 5.73 Å². The maximum Gasteiger partial charge on any atom is 0.320 e. The third kappa shape index (κ3) is 3.10. The van der Waals surface area contributed by atoms with Gasteiger partial charge in [0.15, 0.2) is 0 Å². The number of urea groups is 1. The molecule has 3 amide bonds. The Kier molecular flexibility index (Phi) is 4.29. The number of aliphatic hydroxyl groups excluding tert-OH is 1. The molecule has 1 aromatic rings. The fourth-order valence-corrected chi connectivity index (χ4v) is 3.64. The van der Waals surface area contributed by atoms with Gasteiger partial charge >= 0.3 is 6.03 Å². The minimum Gasteiger partial charge on any atom is -0.393 e. The minimum atomic E-state index is -0.543. The molecule has 20 heavy (non-hydrogen) atoms. The molecule has 1 atom stereocenters. The second kappa shape index (κ2) is 5.80. The molecule has 0 bridgehead atoms. The lowest BCUT2D eigenvalue weighted by atomic mass is 9.93. The summed E-state index contributed by atoms with van der Waals surface area (Å²) in [5, 5.41) is 15.5. The Hall–Kier alpha value is -1.60. The monoisotopic (exact) mass is 297 g/mol. The molecule has 0 aliphatic heterocycles. The number of thiophene rings is 1. The maximum absolute atomic E-state index is 11.8. The molecule has 1 aliphatic carbocycles. The Balaban J connectivity index is 2.28. The lowest BCUT2D eigenvalue weighted by molar-refractivity contribution is 0.0999. The van der Waals surface area contributed by atoms with Crippen LogP contribution in [0.5, 0.6) is 0 Å². The number of carbonyl (C=O) groups excluding carboxylic acids is 2. The highest BCUT2D eigenvalue weighted by Crippen LogP contribution is 2.37. The molecular weight excluding hydrogens is 278 g/mol. The molecular formula is C13H19N3O3S. The van der Waals surface area contributed by atoms with E-state index in [1.54, 1.807) is 0 Å². The van der Waals surface area contributed by atoms with Gasteiger partial charge in [0.2, 0.25) is 0 Å². The van der Waals surface area contributed by atoms with Crippen molar-refractivity contribution in [2.75, 3.05) is 5.32 Å². The highest BCUT2D eigenvalue weighted by Gasteiger charge is 2.27. The Bertz CT molecular complexity index is 539. The number of aliphatic hydroxyl groups is 1. The molecule has 2 rings (SSSR count). The summed E-state index contributed by atoms with van der Waals surface area (Å²) < 4.78 is 0. The molecule has 110 valence electrons. The first kappa shape index (κ1) is 14.8. The molecule has 1 aliphatic rings. The summed E-state index contributed by atoms with van der Waals surface area (Å²) in [6.07, 6.45) is 1.34. The van der Waals surface area contributed by atoms with E-state index in [0.717, 1.165) is 10.4 Å². The van der Waals surface area contributed by atoms with Crippen LogP contribution in [-0.2, 0) is 12.8 Å². The van der Waals surface area contributed by atoms with Gasteiger partial charge in [-0.1, -0.05) is 0 Å². The van der Waals surface area contributed by atoms with Crippen LogP contribution >= 0.6 is 11.3 Å². The van der Waals surface area contributed by atoms with E-state index in [-0.39, 0.29) is 18.2 Å². The van der Waals surface area contributed by atoms with Crippen molar-refractivity contribution in [2.24, 2.45) is 5.73 Å². The number of rotatable bonds is 3. The van der Waals surface area contributed by atoms with Crippen molar-refractivity contribution in [3.63, 3.8) is 0 Å². The fraction of sp³-hybridized carbons (Fsp3) is 0.538. The standard InChI is InChI=1S/C13H19N3O3S/c1-6(2)15-13(19)16-12-10(11(14)18)8-4-3-7(17)5-9(8)20-12/h6-7,17H,3-5H2,1-2H3,(H2,14,18)(H2,15,16,19). The van der Waals surface area contributed by atoms with Crippen molar-refractivity contribution in [1.82, 2.24) is 5.32 Å². The van der Waals surface area contributed by atoms with Gasteiger partial charge in [-0.05, 0) is 32.3 Å². The summed E-state index contributed by atoms with van der Waals surface area (Å²) >= 11 is 1.32. The lowest BCUT2D eigenvalue weighted by Crippen LogP contribution is -2.34. The van der Waals surface area contributed by atoms with Crippen LogP contribution in [0.2, 0.25) is 0 Å². The van der Waals surface area contributed by atoms with E-state index in [1.807, 2.05) is 13.8 Å². The number of carbonyl (C=O) groups is 2. The maximum atomic E-state index is 11.8. The van der Waals surface area contributed by atoms with Crippen LogP contribution in [0.1, 0.15) is 41.1 Å². The number of nitrogens with two attached hydrogens (primary N) is 1. The van der Waals surface area contributed by atoms with Gasteiger partial charge < -0.3 is 16.2 Å². The molecule has 0 aromatic carbocycles. The minimum absolute atomic E-state index is 0.00318. The molecule has 1 aromatic heterocycles. The van der Waals surface area contributed by atoms with Gasteiger partial charge in [0.25, 0.3) is 5.91 Å². The lowest BCUT2D eigenvalue weighted by Gasteiger charge is -2.17. The second-order valence-corrected chi connectivity index (χ2v) is 6.33. The fourth-order valence-electron chi connectivity index (χ4n) is 2.32. The molecule has 0 radical (unpaired) electrons. The van der Waals surface area contributed by atoms with Crippen molar-refractivity contribution < 1.29 is 14.7 Å². The number of amides is 3. The predicted molar refractivity (Wildman–Crippen MR) is 78.2 cm³/mol. The smallest absolute Gasteiger partial charge is 0.320 e. The van der Waals surface area contributed by atoms with E-state index in [9.17, 15) is 14.7 Å². The summed E-state index contributed by atoms with van der Waals surface area (Å²) in [7, 11) is 0. The third-order valence-electron chi connectivity index (χ3n) is 3.13. The van der Waals surface area contributed by atoms with E-state index >= 15 is 0 Å². The Labute approximate surface area is 121 Å². The Morgan fingerprint density at radius 1 is 1.45 bits per heavy atom. The molecule has 1 unspecified atom stereocenters. The summed E-state index contributed by atoms with van der Waals surface area (Å²) in [5.74, 6) is -0.543. The zero-order valence-corrected chi connectivity index (χ0v) is 12.3. The van der Waals surface area contributed by atoms with Crippen LogP contribution in [0.4, 0.5) is 9.80 Å². The first-order valence-electron chi connectivity index (χ1n) is 6.58. The average Bonchev–Trinajstić information content (AvgIpc) is 2.64. The highest BCUT2D eigenvalue weighted by atomic mass is 32.1. The van der Waals surface area contributed by atoms with Crippen molar-refractivity contribution in [2.45, 2.75) is 45.3 Å². The van der Waals surface area contributed by atoms with E-state index in [2.05, 4.69) is 10.6 Å². The molecule has 7 heteroatoms. The quantitative estimate of drug-likeness (QED) is 0.674. The van der Waals surface area contributed by atoms with Gasteiger partial charge in [-0.25, -0.2) is 4.79 Å². The van der Waals surface area contributed by atoms with Gasteiger partial charge in [0.05, 0.1) is 11.7 Å². The third-order valence-corrected chi connectivity index (χ3v) is 4.30. The number of primary amides is 1. The van der Waals surface area contributed by atoms with E-state index < -0.39 is 5.91 Å². The van der Waals surface area contributed by atoms with Crippen LogP contribution in [0.3, 0.4) is 0 Å². The second-order valence-electron chi connectivity index (χ2n) is 5.22. The summed E-state index contributed by atoms with van der Waals surface area (Å²) in [6, 6.07) is -0.356. The Morgan fingerprint density at radius 2 is 2.15 bits per heavy atom. The van der Waals surface area contributed by atoms with E-state index in [0.29, 0.717) is 29.8 Å². The van der Waals surface area contributed by atoms with Crippen LogP contribution < -0.4 is 16.4 Å².